The van der Waals surface area contributed by atoms with Crippen LogP contribution in [0.2, 0.25) is 0 Å². The highest BCUT2D eigenvalue weighted by atomic mass is 32.2. The molecule has 0 aromatic heterocycles. The van der Waals surface area contributed by atoms with Crippen LogP contribution in [-0.4, -0.2) is 49.9 Å². The Balaban J connectivity index is 1.60. The van der Waals surface area contributed by atoms with Crippen LogP contribution in [0.5, 0.6) is 11.5 Å². The van der Waals surface area contributed by atoms with Crippen LogP contribution in [0.25, 0.3) is 0 Å². The van der Waals surface area contributed by atoms with Crippen molar-refractivity contribution in [1.82, 2.24) is 4.31 Å². The van der Waals surface area contributed by atoms with E-state index in [2.05, 4.69) is 5.32 Å². The Bertz CT molecular complexity index is 1140. The Morgan fingerprint density at radius 1 is 1.00 bits per heavy atom. The Morgan fingerprint density at radius 3 is 2.31 bits per heavy atom. The van der Waals surface area contributed by atoms with Crippen molar-refractivity contribution in [2.45, 2.75) is 30.6 Å². The minimum Gasteiger partial charge on any atom is -0.486 e. The lowest BCUT2D eigenvalue weighted by Crippen LogP contribution is -2.32. The van der Waals surface area contributed by atoms with Crippen molar-refractivity contribution in [2.75, 3.05) is 31.6 Å². The number of carbonyl (C=O) groups is 1. The maximum Gasteiger partial charge on any atom is 0.286 e. The number of carbonyl (C=O) groups excluding carboxylic acids is 1. The molecule has 2 aromatic carbocycles. The van der Waals surface area contributed by atoms with E-state index in [0.29, 0.717) is 13.1 Å². The fraction of sp³-hybridized carbons (Fsp3) is 0.381. The van der Waals surface area contributed by atoms with Crippen LogP contribution in [0.3, 0.4) is 0 Å². The first-order valence-electron chi connectivity index (χ1n) is 10.4. The fourth-order valence-corrected chi connectivity index (χ4v) is 5.34. The van der Waals surface area contributed by atoms with Gasteiger partial charge in [-0.25, -0.2) is 8.42 Å². The molecule has 4 rings (SSSR count). The molecule has 1 amide bonds. The zero-order valence-corrected chi connectivity index (χ0v) is 18.1. The third-order valence-corrected chi connectivity index (χ3v) is 7.29. The molecular formula is C21H23N3O7S. The summed E-state index contributed by atoms with van der Waals surface area (Å²) < 4.78 is 38.3. The van der Waals surface area contributed by atoms with Gasteiger partial charge in [0.2, 0.25) is 10.0 Å². The van der Waals surface area contributed by atoms with Gasteiger partial charge in [0.15, 0.2) is 11.5 Å². The molecule has 2 heterocycles. The van der Waals surface area contributed by atoms with Crippen LogP contribution < -0.4 is 14.8 Å². The van der Waals surface area contributed by atoms with Crippen LogP contribution in [0, 0.1) is 10.1 Å². The molecule has 0 aliphatic carbocycles. The molecule has 170 valence electrons. The summed E-state index contributed by atoms with van der Waals surface area (Å²) in [5.41, 5.74) is -0.421. The van der Waals surface area contributed by atoms with Gasteiger partial charge in [0.25, 0.3) is 11.6 Å². The summed E-state index contributed by atoms with van der Waals surface area (Å²) >= 11 is 0. The minimum atomic E-state index is -3.70. The van der Waals surface area contributed by atoms with Crippen LogP contribution in [-0.2, 0) is 10.0 Å². The maximum absolute atomic E-state index is 13.0. The number of sulfonamides is 1. The predicted molar refractivity (Wildman–Crippen MR) is 116 cm³/mol. The smallest absolute Gasteiger partial charge is 0.286 e. The lowest BCUT2D eigenvalue weighted by atomic mass is 10.1. The highest BCUT2D eigenvalue weighted by Gasteiger charge is 2.28. The second kappa shape index (κ2) is 9.13. The van der Waals surface area contributed by atoms with Crippen molar-refractivity contribution in [2.24, 2.45) is 0 Å². The summed E-state index contributed by atoms with van der Waals surface area (Å²) in [4.78, 5) is 23.7. The SMILES string of the molecule is O=C(Nc1cccc(S(=O)(=O)N2CCCCCC2)c1)c1cc2c(cc1[N+](=O)[O-])OCCO2. The van der Waals surface area contributed by atoms with E-state index in [0.717, 1.165) is 31.7 Å². The average Bonchev–Trinajstić information content (AvgIpc) is 3.08. The molecule has 0 unspecified atom stereocenters. The molecule has 0 saturated carbocycles. The summed E-state index contributed by atoms with van der Waals surface area (Å²) in [7, 11) is -3.70. The lowest BCUT2D eigenvalue weighted by Gasteiger charge is -2.20. The summed E-state index contributed by atoms with van der Waals surface area (Å²) in [6, 6.07) is 8.32. The van der Waals surface area contributed by atoms with Crippen molar-refractivity contribution < 1.29 is 27.6 Å². The fourth-order valence-electron chi connectivity index (χ4n) is 3.77. The third-order valence-electron chi connectivity index (χ3n) is 5.40. The monoisotopic (exact) mass is 461 g/mol. The minimum absolute atomic E-state index is 0.0638. The lowest BCUT2D eigenvalue weighted by molar-refractivity contribution is -0.385. The zero-order chi connectivity index (χ0) is 22.7. The van der Waals surface area contributed by atoms with Gasteiger partial charge < -0.3 is 14.8 Å². The number of nitrogens with one attached hydrogen (secondary N) is 1. The van der Waals surface area contributed by atoms with Gasteiger partial charge in [0.05, 0.1) is 15.9 Å². The van der Waals surface area contributed by atoms with Crippen LogP contribution >= 0.6 is 0 Å². The van der Waals surface area contributed by atoms with E-state index >= 15 is 0 Å². The number of fused-ring (bicyclic) bond motifs is 1. The van der Waals surface area contributed by atoms with E-state index in [-0.39, 0.29) is 40.9 Å². The van der Waals surface area contributed by atoms with Gasteiger partial charge in [-0.05, 0) is 31.0 Å². The van der Waals surface area contributed by atoms with Gasteiger partial charge in [-0.3, -0.25) is 14.9 Å². The predicted octanol–water partition coefficient (Wildman–Crippen LogP) is 3.18. The van der Waals surface area contributed by atoms with E-state index < -0.39 is 26.5 Å². The van der Waals surface area contributed by atoms with E-state index in [9.17, 15) is 23.3 Å². The van der Waals surface area contributed by atoms with Gasteiger partial charge in [0.1, 0.15) is 18.8 Å². The highest BCUT2D eigenvalue weighted by molar-refractivity contribution is 7.89. The van der Waals surface area contributed by atoms with E-state index in [4.69, 9.17) is 9.47 Å². The Hall–Kier alpha value is -3.18. The highest BCUT2D eigenvalue weighted by Crippen LogP contribution is 2.37. The first-order chi connectivity index (χ1) is 15.4. The number of hydrogen-bond acceptors (Lipinski definition) is 7. The van der Waals surface area contributed by atoms with Crippen molar-refractivity contribution in [3.63, 3.8) is 0 Å². The van der Waals surface area contributed by atoms with Gasteiger partial charge in [0, 0.05) is 24.8 Å². The van der Waals surface area contributed by atoms with Crippen molar-refractivity contribution in [3.05, 3.63) is 52.1 Å². The standard InChI is InChI=1S/C21H23N3O7S/c25-21(17-13-19-20(31-11-10-30-19)14-18(17)24(26)27)22-15-6-5-7-16(12-15)32(28,29)23-8-3-1-2-4-9-23/h5-7,12-14H,1-4,8-11H2,(H,22,25). The van der Waals surface area contributed by atoms with Crippen molar-refractivity contribution in [3.8, 4) is 11.5 Å². The molecule has 2 aromatic rings. The van der Waals surface area contributed by atoms with Crippen LogP contribution in [0.1, 0.15) is 36.0 Å². The topological polar surface area (TPSA) is 128 Å². The molecule has 10 nitrogen and oxygen atoms in total. The van der Waals surface area contributed by atoms with Gasteiger partial charge in [-0.15, -0.1) is 0 Å². The molecule has 11 heteroatoms. The molecule has 0 spiro atoms. The molecule has 1 saturated heterocycles. The second-order valence-corrected chi connectivity index (χ2v) is 9.51. The number of nitro groups is 1. The largest absolute Gasteiger partial charge is 0.486 e. The van der Waals surface area contributed by atoms with Gasteiger partial charge in [-0.1, -0.05) is 18.9 Å². The first kappa shape index (κ1) is 22.0. The Kier molecular flexibility index (Phi) is 6.28. The van der Waals surface area contributed by atoms with Gasteiger partial charge in [-0.2, -0.15) is 4.31 Å². The molecule has 0 atom stereocenters. The number of benzene rings is 2. The zero-order valence-electron chi connectivity index (χ0n) is 17.3. The molecular weight excluding hydrogens is 438 g/mol. The summed E-state index contributed by atoms with van der Waals surface area (Å²) in [5, 5.41) is 14.1. The Morgan fingerprint density at radius 2 is 1.66 bits per heavy atom. The Labute approximate surface area is 185 Å². The van der Waals surface area contributed by atoms with E-state index in [1.165, 1.54) is 34.6 Å². The molecule has 0 radical (unpaired) electrons. The summed E-state index contributed by atoms with van der Waals surface area (Å²) in [6.07, 6.45) is 3.61. The number of nitrogens with zero attached hydrogens (tertiary/aromatic N) is 2. The third kappa shape index (κ3) is 4.53. The molecule has 1 N–H and O–H groups in total. The molecule has 2 aliphatic heterocycles. The van der Waals surface area contributed by atoms with E-state index in [1.807, 2.05) is 0 Å². The first-order valence-corrected chi connectivity index (χ1v) is 11.8. The number of hydrogen-bond donors (Lipinski definition) is 1. The second-order valence-electron chi connectivity index (χ2n) is 7.57. The summed E-state index contributed by atoms with van der Waals surface area (Å²) in [5.74, 6) is -0.312. The van der Waals surface area contributed by atoms with Crippen molar-refractivity contribution >= 4 is 27.3 Å². The molecule has 1 fully saturated rings. The van der Waals surface area contributed by atoms with E-state index in [1.54, 1.807) is 0 Å². The number of ether oxygens (including phenoxy) is 2. The molecule has 2 aliphatic rings. The normalized spacial score (nSPS) is 16.8. The average molecular weight is 461 g/mol. The number of amides is 1. The summed E-state index contributed by atoms with van der Waals surface area (Å²) in [6.45, 7) is 1.45. The maximum atomic E-state index is 13.0. The van der Waals surface area contributed by atoms with Gasteiger partial charge >= 0.3 is 0 Å². The number of nitro benzene ring substituents is 1. The van der Waals surface area contributed by atoms with Crippen LogP contribution in [0.4, 0.5) is 11.4 Å². The number of rotatable bonds is 5. The molecule has 32 heavy (non-hydrogen) atoms. The van der Waals surface area contributed by atoms with Crippen LogP contribution in [0.15, 0.2) is 41.3 Å². The molecule has 0 bridgehead atoms. The van der Waals surface area contributed by atoms with Crippen molar-refractivity contribution in [1.29, 1.82) is 0 Å². The number of anilines is 1. The quantitative estimate of drug-likeness (QED) is 0.535.